The number of aromatic nitrogens is 1. The molecule has 17 heavy (non-hydrogen) atoms. The number of aryl methyl sites for hydroxylation is 2. The number of rotatable bonds is 2. The predicted octanol–water partition coefficient (Wildman–Crippen LogP) is 3.39. The second-order valence-corrected chi connectivity index (χ2v) is 4.99. The highest BCUT2D eigenvalue weighted by atomic mass is 127. The molecule has 1 heterocycles. The third-order valence-electron chi connectivity index (χ3n) is 2.46. The fraction of sp³-hybridized carbons (Fsp3) is 0.154. The number of para-hydroxylation sites is 1. The van der Waals surface area contributed by atoms with Gasteiger partial charge in [0.1, 0.15) is 5.75 Å². The minimum absolute atomic E-state index is 0.122. The molecule has 0 saturated heterocycles. The van der Waals surface area contributed by atoms with Crippen LogP contribution in [0.1, 0.15) is 11.1 Å². The van der Waals surface area contributed by atoms with Crippen LogP contribution in [-0.4, -0.2) is 4.98 Å². The monoisotopic (exact) mass is 341 g/mol. The first-order chi connectivity index (χ1) is 8.08. The van der Waals surface area contributed by atoms with Crippen molar-refractivity contribution in [3.63, 3.8) is 0 Å². The number of benzene rings is 1. The summed E-state index contributed by atoms with van der Waals surface area (Å²) in [4.78, 5) is 13.7. The zero-order valence-electron chi connectivity index (χ0n) is 9.58. The third-order valence-corrected chi connectivity index (χ3v) is 3.30. The molecule has 0 aliphatic carbocycles. The Morgan fingerprint density at radius 2 is 1.88 bits per heavy atom. The van der Waals surface area contributed by atoms with Gasteiger partial charge in [-0.1, -0.05) is 18.2 Å². The molecule has 2 rings (SSSR count). The Hall–Kier alpha value is -1.30. The molecule has 88 valence electrons. The molecule has 4 heteroatoms. The van der Waals surface area contributed by atoms with Crippen molar-refractivity contribution in [1.82, 2.24) is 4.98 Å². The molecular formula is C13H12INO2. The number of halogens is 1. The first-order valence-electron chi connectivity index (χ1n) is 5.20. The summed E-state index contributed by atoms with van der Waals surface area (Å²) in [5.74, 6) is 1.51. The molecule has 0 aliphatic rings. The predicted molar refractivity (Wildman–Crippen MR) is 75.8 cm³/mol. The van der Waals surface area contributed by atoms with Gasteiger partial charge in [0.15, 0.2) is 5.75 Å². The first-order valence-corrected chi connectivity index (χ1v) is 6.28. The lowest BCUT2D eigenvalue weighted by Crippen LogP contribution is -2.05. The Morgan fingerprint density at radius 3 is 2.47 bits per heavy atom. The number of nitrogens with one attached hydrogen (secondary N) is 1. The topological polar surface area (TPSA) is 42.1 Å². The van der Waals surface area contributed by atoms with E-state index in [9.17, 15) is 4.79 Å². The maximum Gasteiger partial charge on any atom is 0.249 e. The molecule has 0 aliphatic heterocycles. The minimum atomic E-state index is -0.122. The van der Waals surface area contributed by atoms with E-state index in [0.29, 0.717) is 5.75 Å². The average molecular weight is 341 g/mol. The van der Waals surface area contributed by atoms with E-state index in [4.69, 9.17) is 4.74 Å². The summed E-state index contributed by atoms with van der Waals surface area (Å²) in [6.45, 7) is 4.00. The Kier molecular flexibility index (Phi) is 3.51. The standard InChI is InChI=1S/C13H12INO2/c1-8-4-3-5-9(2)13(8)17-11-7-15-12(16)6-10(11)14/h3-7H,1-2H3,(H,15,16). The summed E-state index contributed by atoms with van der Waals surface area (Å²) in [6, 6.07) is 7.51. The van der Waals surface area contributed by atoms with Crippen LogP contribution >= 0.6 is 22.6 Å². The lowest BCUT2D eigenvalue weighted by atomic mass is 10.1. The molecule has 1 N–H and O–H groups in total. The SMILES string of the molecule is Cc1cccc(C)c1Oc1c[nH]c(=O)cc1I. The van der Waals surface area contributed by atoms with E-state index in [2.05, 4.69) is 27.6 Å². The van der Waals surface area contributed by atoms with E-state index in [1.165, 1.54) is 6.07 Å². The number of aromatic amines is 1. The Labute approximate surface area is 113 Å². The summed E-state index contributed by atoms with van der Waals surface area (Å²) < 4.78 is 6.65. The molecular weight excluding hydrogens is 329 g/mol. The van der Waals surface area contributed by atoms with Crippen LogP contribution in [0.25, 0.3) is 0 Å². The van der Waals surface area contributed by atoms with Gasteiger partial charge in [0.05, 0.1) is 3.57 Å². The van der Waals surface area contributed by atoms with Gasteiger partial charge in [-0.2, -0.15) is 0 Å². The second kappa shape index (κ2) is 4.91. The van der Waals surface area contributed by atoms with Gasteiger partial charge in [-0.15, -0.1) is 0 Å². The van der Waals surface area contributed by atoms with Crippen molar-refractivity contribution in [2.45, 2.75) is 13.8 Å². The maximum atomic E-state index is 11.1. The van der Waals surface area contributed by atoms with Crippen molar-refractivity contribution in [2.75, 3.05) is 0 Å². The zero-order valence-corrected chi connectivity index (χ0v) is 11.7. The summed E-state index contributed by atoms with van der Waals surface area (Å²) in [6.07, 6.45) is 1.59. The highest BCUT2D eigenvalue weighted by Gasteiger charge is 2.07. The lowest BCUT2D eigenvalue weighted by Gasteiger charge is -2.12. The summed E-state index contributed by atoms with van der Waals surface area (Å²) >= 11 is 2.09. The first kappa shape index (κ1) is 12.2. The summed E-state index contributed by atoms with van der Waals surface area (Å²) in [5, 5.41) is 0. The third kappa shape index (κ3) is 2.69. The van der Waals surface area contributed by atoms with E-state index < -0.39 is 0 Å². The average Bonchev–Trinajstić information content (AvgIpc) is 2.26. The molecule has 0 amide bonds. The number of pyridine rings is 1. The fourth-order valence-corrected chi connectivity index (χ4v) is 2.13. The lowest BCUT2D eigenvalue weighted by molar-refractivity contribution is 0.469. The number of hydrogen-bond acceptors (Lipinski definition) is 2. The quantitative estimate of drug-likeness (QED) is 0.851. The van der Waals surface area contributed by atoms with E-state index in [1.807, 2.05) is 32.0 Å². The van der Waals surface area contributed by atoms with Crippen LogP contribution < -0.4 is 10.3 Å². The molecule has 1 aromatic carbocycles. The molecule has 1 aromatic heterocycles. The maximum absolute atomic E-state index is 11.1. The molecule has 3 nitrogen and oxygen atoms in total. The van der Waals surface area contributed by atoms with E-state index in [1.54, 1.807) is 6.20 Å². The molecule has 0 spiro atoms. The molecule has 0 unspecified atom stereocenters. The second-order valence-electron chi connectivity index (χ2n) is 3.83. The number of hydrogen-bond donors (Lipinski definition) is 1. The normalized spacial score (nSPS) is 10.3. The van der Waals surface area contributed by atoms with E-state index in [-0.39, 0.29) is 5.56 Å². The van der Waals surface area contributed by atoms with E-state index in [0.717, 1.165) is 20.4 Å². The molecule has 0 atom stereocenters. The molecule has 2 aromatic rings. The van der Waals surface area contributed by atoms with Gasteiger partial charge >= 0.3 is 0 Å². The molecule has 0 fully saturated rings. The largest absolute Gasteiger partial charge is 0.454 e. The van der Waals surface area contributed by atoms with Gasteiger partial charge < -0.3 is 9.72 Å². The van der Waals surface area contributed by atoms with Crippen molar-refractivity contribution in [3.8, 4) is 11.5 Å². The molecule has 0 radical (unpaired) electrons. The van der Waals surface area contributed by atoms with Crippen molar-refractivity contribution in [3.05, 3.63) is 55.5 Å². The van der Waals surface area contributed by atoms with Crippen molar-refractivity contribution in [1.29, 1.82) is 0 Å². The Bertz CT molecular complexity index is 584. The smallest absolute Gasteiger partial charge is 0.249 e. The Morgan fingerprint density at radius 1 is 1.24 bits per heavy atom. The van der Waals surface area contributed by atoms with Gasteiger partial charge in [-0.25, -0.2) is 0 Å². The summed E-state index contributed by atoms with van der Waals surface area (Å²) in [5.41, 5.74) is 2.03. The van der Waals surface area contributed by atoms with Crippen LogP contribution in [0.5, 0.6) is 11.5 Å². The molecule has 0 saturated carbocycles. The summed E-state index contributed by atoms with van der Waals surface area (Å²) in [7, 11) is 0. The number of H-pyrrole nitrogens is 1. The minimum Gasteiger partial charge on any atom is -0.454 e. The molecule has 0 bridgehead atoms. The highest BCUT2D eigenvalue weighted by molar-refractivity contribution is 14.1. The highest BCUT2D eigenvalue weighted by Crippen LogP contribution is 2.30. The van der Waals surface area contributed by atoms with Gasteiger partial charge in [-0.05, 0) is 47.6 Å². The van der Waals surface area contributed by atoms with Crippen LogP contribution in [0.2, 0.25) is 0 Å². The van der Waals surface area contributed by atoms with Crippen molar-refractivity contribution >= 4 is 22.6 Å². The van der Waals surface area contributed by atoms with Gasteiger partial charge in [0.2, 0.25) is 5.56 Å². The fourth-order valence-electron chi connectivity index (χ4n) is 1.58. The number of ether oxygens (including phenoxy) is 1. The van der Waals surface area contributed by atoms with Gasteiger partial charge in [-0.3, -0.25) is 4.79 Å². The van der Waals surface area contributed by atoms with Crippen LogP contribution in [0.3, 0.4) is 0 Å². The van der Waals surface area contributed by atoms with Crippen LogP contribution in [0.4, 0.5) is 0 Å². The van der Waals surface area contributed by atoms with Crippen molar-refractivity contribution in [2.24, 2.45) is 0 Å². The zero-order chi connectivity index (χ0) is 12.4. The van der Waals surface area contributed by atoms with Crippen LogP contribution in [0, 0.1) is 17.4 Å². The van der Waals surface area contributed by atoms with Crippen molar-refractivity contribution < 1.29 is 4.74 Å². The van der Waals surface area contributed by atoms with Gasteiger partial charge in [0.25, 0.3) is 0 Å². The van der Waals surface area contributed by atoms with E-state index >= 15 is 0 Å². The van der Waals surface area contributed by atoms with Crippen LogP contribution in [0.15, 0.2) is 35.3 Å². The van der Waals surface area contributed by atoms with Crippen LogP contribution in [-0.2, 0) is 0 Å². The Balaban J connectivity index is 2.41. The van der Waals surface area contributed by atoms with Gasteiger partial charge in [0, 0.05) is 12.3 Å².